The molecule has 142 valence electrons. The topological polar surface area (TPSA) is 104 Å². The molecule has 0 bridgehead atoms. The lowest BCUT2D eigenvalue weighted by molar-refractivity contribution is -0.121. The number of carbonyl (C=O) groups is 1. The van der Waals surface area contributed by atoms with Gasteiger partial charge in [-0.15, -0.1) is 0 Å². The van der Waals surface area contributed by atoms with Crippen molar-refractivity contribution in [1.29, 1.82) is 0 Å². The molecule has 1 aromatic rings. The van der Waals surface area contributed by atoms with E-state index in [-0.39, 0.29) is 18.5 Å². The number of nitrogens with one attached hydrogen (secondary N) is 3. The molecule has 8 nitrogen and oxygen atoms in total. The van der Waals surface area contributed by atoms with Gasteiger partial charge in [0.2, 0.25) is 5.91 Å². The second-order valence-corrected chi connectivity index (χ2v) is 6.43. The van der Waals surface area contributed by atoms with Gasteiger partial charge in [-0.3, -0.25) is 9.48 Å². The van der Waals surface area contributed by atoms with Crippen LogP contribution in [0.15, 0.2) is 17.4 Å². The fourth-order valence-electron chi connectivity index (χ4n) is 2.11. The van der Waals surface area contributed by atoms with Gasteiger partial charge in [0.15, 0.2) is 5.96 Å². The summed E-state index contributed by atoms with van der Waals surface area (Å²) in [5.41, 5.74) is -0.396. The fraction of sp³-hybridized carbons (Fsp3) is 0.706. The van der Waals surface area contributed by atoms with Crippen LogP contribution in [0.3, 0.4) is 0 Å². The lowest BCUT2D eigenvalue weighted by Crippen LogP contribution is -2.41. The molecule has 0 saturated heterocycles. The number of carbonyl (C=O) groups excluding carboxylic acids is 1. The fourth-order valence-corrected chi connectivity index (χ4v) is 2.11. The molecule has 1 heterocycles. The number of aliphatic hydroxyl groups is 1. The second kappa shape index (κ2) is 10.0. The summed E-state index contributed by atoms with van der Waals surface area (Å²) >= 11 is 0. The molecule has 1 rings (SSSR count). The first-order valence-corrected chi connectivity index (χ1v) is 8.81. The first-order valence-electron chi connectivity index (χ1n) is 8.81. The highest BCUT2D eigenvalue weighted by Gasteiger charge is 2.24. The van der Waals surface area contributed by atoms with Crippen molar-refractivity contribution in [3.05, 3.63) is 18.0 Å². The molecule has 2 unspecified atom stereocenters. The molecule has 0 aliphatic rings. The normalized spacial score (nSPS) is 15.4. The van der Waals surface area contributed by atoms with E-state index in [0.29, 0.717) is 31.0 Å². The average Bonchev–Trinajstić information content (AvgIpc) is 3.00. The van der Waals surface area contributed by atoms with Gasteiger partial charge in [-0.25, -0.2) is 4.99 Å². The number of aromatic nitrogens is 2. The van der Waals surface area contributed by atoms with E-state index in [4.69, 9.17) is 0 Å². The van der Waals surface area contributed by atoms with Crippen LogP contribution in [0.25, 0.3) is 0 Å². The molecule has 0 saturated carbocycles. The monoisotopic (exact) mass is 352 g/mol. The van der Waals surface area contributed by atoms with E-state index in [0.717, 1.165) is 6.42 Å². The van der Waals surface area contributed by atoms with Crippen LogP contribution in [0, 0.1) is 0 Å². The Labute approximate surface area is 150 Å². The summed E-state index contributed by atoms with van der Waals surface area (Å²) in [6, 6.07) is 0.184. The molecule has 0 aliphatic heterocycles. The minimum atomic E-state index is -1.11. The quantitative estimate of drug-likeness (QED) is 0.382. The Bertz CT molecular complexity index is 567. The van der Waals surface area contributed by atoms with Crippen LogP contribution in [0.1, 0.15) is 46.1 Å². The van der Waals surface area contributed by atoms with Crippen LogP contribution in [0.5, 0.6) is 0 Å². The van der Waals surface area contributed by atoms with Crippen LogP contribution >= 0.6 is 0 Å². The van der Waals surface area contributed by atoms with Crippen molar-refractivity contribution < 1.29 is 9.90 Å². The van der Waals surface area contributed by atoms with Crippen molar-refractivity contribution in [3.63, 3.8) is 0 Å². The molecule has 0 radical (unpaired) electrons. The van der Waals surface area contributed by atoms with Crippen LogP contribution in [-0.2, 0) is 17.4 Å². The van der Waals surface area contributed by atoms with E-state index >= 15 is 0 Å². The molecular formula is C17H32N6O2. The predicted octanol–water partition coefficient (Wildman–Crippen LogP) is 0.488. The zero-order chi connectivity index (χ0) is 18.9. The summed E-state index contributed by atoms with van der Waals surface area (Å²) in [5.74, 6) is 0.586. The molecule has 0 fully saturated rings. The number of hydrogen-bond acceptors (Lipinski definition) is 4. The maximum Gasteiger partial charge on any atom is 0.221 e. The molecule has 1 amide bonds. The average molecular weight is 352 g/mol. The number of hydrogen-bond donors (Lipinski definition) is 4. The van der Waals surface area contributed by atoms with Crippen LogP contribution < -0.4 is 16.0 Å². The number of aliphatic imine (C=N–C) groups is 1. The first-order chi connectivity index (χ1) is 11.8. The zero-order valence-corrected chi connectivity index (χ0v) is 16.0. The number of nitrogens with zero attached hydrogens (tertiary/aromatic N) is 3. The molecule has 0 spiro atoms. The molecule has 0 aliphatic carbocycles. The third-order valence-electron chi connectivity index (χ3n) is 3.88. The van der Waals surface area contributed by atoms with Crippen molar-refractivity contribution in [2.45, 2.75) is 52.2 Å². The highest BCUT2D eigenvalue weighted by Crippen LogP contribution is 2.19. The summed E-state index contributed by atoms with van der Waals surface area (Å²) < 4.78 is 1.65. The van der Waals surface area contributed by atoms with Gasteiger partial charge in [-0.2, -0.15) is 5.10 Å². The maximum absolute atomic E-state index is 11.8. The largest absolute Gasteiger partial charge is 0.383 e. The van der Waals surface area contributed by atoms with E-state index in [1.807, 2.05) is 20.8 Å². The Morgan fingerprint density at radius 1 is 1.44 bits per heavy atom. The van der Waals surface area contributed by atoms with Crippen molar-refractivity contribution in [1.82, 2.24) is 25.7 Å². The van der Waals surface area contributed by atoms with Gasteiger partial charge in [0.25, 0.3) is 0 Å². The van der Waals surface area contributed by atoms with E-state index in [1.165, 1.54) is 0 Å². The smallest absolute Gasteiger partial charge is 0.221 e. The third kappa shape index (κ3) is 7.55. The van der Waals surface area contributed by atoms with Gasteiger partial charge in [0.1, 0.15) is 5.60 Å². The SMILES string of the molecule is CCNC(=NCC(C)(O)c1cnn(C)c1)NCCC(=O)NC(C)CC. The zero-order valence-electron chi connectivity index (χ0n) is 16.0. The van der Waals surface area contributed by atoms with Crippen molar-refractivity contribution >= 4 is 11.9 Å². The molecule has 1 aromatic heterocycles. The van der Waals surface area contributed by atoms with Gasteiger partial charge < -0.3 is 21.1 Å². The van der Waals surface area contributed by atoms with Gasteiger partial charge in [0.05, 0.1) is 12.7 Å². The first kappa shape index (κ1) is 21.0. The number of rotatable bonds is 9. The van der Waals surface area contributed by atoms with Crippen LogP contribution in [0.4, 0.5) is 0 Å². The summed E-state index contributed by atoms with van der Waals surface area (Å²) in [4.78, 5) is 16.2. The Hall–Kier alpha value is -2.09. The van der Waals surface area contributed by atoms with Crippen molar-refractivity contribution in [2.24, 2.45) is 12.0 Å². The summed E-state index contributed by atoms with van der Waals surface area (Å²) in [7, 11) is 1.80. The van der Waals surface area contributed by atoms with Gasteiger partial charge in [-0.05, 0) is 27.2 Å². The lowest BCUT2D eigenvalue weighted by Gasteiger charge is -2.20. The van der Waals surface area contributed by atoms with Gasteiger partial charge in [-0.1, -0.05) is 6.92 Å². The molecule has 2 atom stereocenters. The second-order valence-electron chi connectivity index (χ2n) is 6.43. The minimum Gasteiger partial charge on any atom is -0.383 e. The van der Waals surface area contributed by atoms with Crippen LogP contribution in [0.2, 0.25) is 0 Å². The lowest BCUT2D eigenvalue weighted by atomic mass is 10.0. The van der Waals surface area contributed by atoms with E-state index in [2.05, 4.69) is 26.0 Å². The molecule has 0 aromatic carbocycles. The standard InChI is InChI=1S/C17H32N6O2/c1-6-13(3)22-15(24)8-9-19-16(18-7-2)20-12-17(4,25)14-10-21-23(5)11-14/h10-11,13,25H,6-9,12H2,1-5H3,(H,22,24)(H2,18,19,20). The third-order valence-corrected chi connectivity index (χ3v) is 3.88. The molecule has 4 N–H and O–H groups in total. The van der Waals surface area contributed by atoms with Gasteiger partial charge >= 0.3 is 0 Å². The Kier molecular flexibility index (Phi) is 8.40. The van der Waals surface area contributed by atoms with Crippen LogP contribution in [-0.4, -0.2) is 52.4 Å². The Balaban J connectivity index is 2.54. The highest BCUT2D eigenvalue weighted by atomic mass is 16.3. The Morgan fingerprint density at radius 3 is 2.72 bits per heavy atom. The number of amides is 1. The predicted molar refractivity (Wildman–Crippen MR) is 99.3 cm³/mol. The van der Waals surface area contributed by atoms with Crippen molar-refractivity contribution in [2.75, 3.05) is 19.6 Å². The molecular weight excluding hydrogens is 320 g/mol. The summed E-state index contributed by atoms with van der Waals surface area (Å²) in [6.45, 7) is 9.05. The highest BCUT2D eigenvalue weighted by molar-refractivity contribution is 5.81. The number of guanidine groups is 1. The van der Waals surface area contributed by atoms with Gasteiger partial charge in [0, 0.05) is 44.4 Å². The molecule has 8 heteroatoms. The number of aryl methyl sites for hydroxylation is 1. The van der Waals surface area contributed by atoms with E-state index in [1.54, 1.807) is 31.0 Å². The van der Waals surface area contributed by atoms with Crippen molar-refractivity contribution in [3.8, 4) is 0 Å². The van der Waals surface area contributed by atoms with E-state index in [9.17, 15) is 9.90 Å². The summed E-state index contributed by atoms with van der Waals surface area (Å²) in [5, 5.41) is 23.8. The molecule has 25 heavy (non-hydrogen) atoms. The van der Waals surface area contributed by atoms with E-state index < -0.39 is 5.60 Å². The Morgan fingerprint density at radius 2 is 2.16 bits per heavy atom. The summed E-state index contributed by atoms with van der Waals surface area (Å²) in [6.07, 6.45) is 4.69. The maximum atomic E-state index is 11.8. The minimum absolute atomic E-state index is 0.0139.